The van der Waals surface area contributed by atoms with Crippen LogP contribution in [0.5, 0.6) is 0 Å². The minimum atomic E-state index is -0.226. The van der Waals surface area contributed by atoms with Gasteiger partial charge in [-0.15, -0.1) is 0 Å². The Hall–Kier alpha value is -0.790. The van der Waals surface area contributed by atoms with Gasteiger partial charge in [0.15, 0.2) is 5.78 Å². The molecule has 0 saturated heterocycles. The molecule has 2 nitrogen and oxygen atoms in total. The van der Waals surface area contributed by atoms with Crippen LogP contribution in [0.2, 0.25) is 0 Å². The topological polar surface area (TPSA) is 26.3 Å². The molecular weight excluding hydrogens is 152 g/mol. The van der Waals surface area contributed by atoms with E-state index in [9.17, 15) is 4.79 Å². The first-order chi connectivity index (χ1) is 5.41. The maximum Gasteiger partial charge on any atom is 0.171 e. The van der Waals surface area contributed by atoms with Crippen LogP contribution in [0.4, 0.5) is 0 Å². The van der Waals surface area contributed by atoms with Gasteiger partial charge in [-0.05, 0) is 27.7 Å². The summed E-state index contributed by atoms with van der Waals surface area (Å²) in [7, 11) is 0. The number of hydrogen-bond donors (Lipinski definition) is 0. The van der Waals surface area contributed by atoms with Gasteiger partial charge in [0.1, 0.15) is 11.4 Å². The highest BCUT2D eigenvalue weighted by Gasteiger charge is 2.70. The molecule has 2 atom stereocenters. The van der Waals surface area contributed by atoms with E-state index in [2.05, 4.69) is 0 Å². The third-order valence-corrected chi connectivity index (χ3v) is 3.48. The molecule has 2 unspecified atom stereocenters. The summed E-state index contributed by atoms with van der Waals surface area (Å²) in [5.41, 5.74) is 0.372. The molecule has 0 amide bonds. The number of allylic oxidation sites excluding steroid dienone is 2. The van der Waals surface area contributed by atoms with Crippen LogP contribution in [0, 0.1) is 5.41 Å². The van der Waals surface area contributed by atoms with Gasteiger partial charge in [0.25, 0.3) is 0 Å². The van der Waals surface area contributed by atoms with Crippen LogP contribution in [0.1, 0.15) is 34.1 Å². The van der Waals surface area contributed by atoms with Gasteiger partial charge in [-0.2, -0.15) is 0 Å². The van der Waals surface area contributed by atoms with E-state index < -0.39 is 0 Å². The summed E-state index contributed by atoms with van der Waals surface area (Å²) >= 11 is 0. The molecule has 1 aliphatic heterocycles. The van der Waals surface area contributed by atoms with Crippen molar-refractivity contribution in [2.75, 3.05) is 0 Å². The van der Waals surface area contributed by atoms with Crippen molar-refractivity contribution in [3.05, 3.63) is 11.3 Å². The van der Waals surface area contributed by atoms with Gasteiger partial charge in [0.05, 0.1) is 5.41 Å². The van der Waals surface area contributed by atoms with E-state index in [0.29, 0.717) is 0 Å². The fraction of sp³-hybridized carbons (Fsp3) is 0.700. The molecule has 2 rings (SSSR count). The normalized spacial score (nSPS) is 45.5. The lowest BCUT2D eigenvalue weighted by atomic mass is 9.91. The first kappa shape index (κ1) is 7.84. The molecule has 0 radical (unpaired) electrons. The summed E-state index contributed by atoms with van der Waals surface area (Å²) in [6, 6.07) is 0. The first-order valence-corrected chi connectivity index (χ1v) is 4.32. The fourth-order valence-electron chi connectivity index (χ4n) is 2.09. The number of ether oxygens (including phenoxy) is 1. The molecule has 1 aliphatic carbocycles. The van der Waals surface area contributed by atoms with Crippen molar-refractivity contribution in [1.29, 1.82) is 0 Å². The standard InChI is InChI=1S/C10H14O2/c1-6-7(2)12-10(4)5-9(10,3)8(6)11/h5H2,1-4H3. The van der Waals surface area contributed by atoms with Gasteiger partial charge in [-0.1, -0.05) is 0 Å². The van der Waals surface area contributed by atoms with Gasteiger partial charge in [-0.3, -0.25) is 4.79 Å². The lowest BCUT2D eigenvalue weighted by Crippen LogP contribution is -2.31. The van der Waals surface area contributed by atoms with Gasteiger partial charge in [0.2, 0.25) is 0 Å². The molecule has 66 valence electrons. The Morgan fingerprint density at radius 3 is 2.50 bits per heavy atom. The minimum absolute atomic E-state index is 0.201. The predicted molar refractivity (Wildman–Crippen MR) is 45.6 cm³/mol. The molecule has 1 saturated carbocycles. The number of fused-ring (bicyclic) bond motifs is 1. The summed E-state index contributed by atoms with van der Waals surface area (Å²) in [6.45, 7) is 7.73. The lowest BCUT2D eigenvalue weighted by molar-refractivity contribution is -0.124. The molecule has 0 aromatic rings. The number of hydrogen-bond acceptors (Lipinski definition) is 2. The number of Topliss-reactive ketones (excluding diaryl/α,β-unsaturated/α-hetero) is 1. The molecule has 12 heavy (non-hydrogen) atoms. The Bertz CT molecular complexity index is 303. The molecule has 2 heteroatoms. The molecule has 0 aromatic heterocycles. The summed E-state index contributed by atoms with van der Waals surface area (Å²) in [5.74, 6) is 1.08. The van der Waals surface area contributed by atoms with E-state index in [4.69, 9.17) is 4.74 Å². The Kier molecular flexibility index (Phi) is 1.15. The minimum Gasteiger partial charge on any atom is -0.491 e. The van der Waals surface area contributed by atoms with Crippen LogP contribution >= 0.6 is 0 Å². The zero-order valence-corrected chi connectivity index (χ0v) is 8.02. The number of rotatable bonds is 0. The average Bonchev–Trinajstić information content (AvgIpc) is 2.51. The molecule has 1 heterocycles. The summed E-state index contributed by atoms with van der Waals surface area (Å²) in [4.78, 5) is 11.8. The Labute approximate surface area is 72.6 Å². The molecule has 0 aromatic carbocycles. The summed E-state index contributed by atoms with van der Waals surface area (Å²) < 4.78 is 5.69. The predicted octanol–water partition coefficient (Wildman–Crippen LogP) is 2.05. The van der Waals surface area contributed by atoms with E-state index in [1.54, 1.807) is 0 Å². The zero-order chi connectivity index (χ0) is 9.15. The Balaban J connectivity index is 2.47. The average molecular weight is 166 g/mol. The van der Waals surface area contributed by atoms with Crippen LogP contribution in [-0.4, -0.2) is 11.4 Å². The van der Waals surface area contributed by atoms with Crippen molar-refractivity contribution in [1.82, 2.24) is 0 Å². The largest absolute Gasteiger partial charge is 0.491 e. The molecule has 2 aliphatic rings. The Morgan fingerprint density at radius 1 is 1.33 bits per heavy atom. The fourth-order valence-corrected chi connectivity index (χ4v) is 2.09. The smallest absolute Gasteiger partial charge is 0.171 e. The van der Waals surface area contributed by atoms with Crippen molar-refractivity contribution < 1.29 is 9.53 Å². The third kappa shape index (κ3) is 0.637. The van der Waals surface area contributed by atoms with E-state index in [1.165, 1.54) is 0 Å². The van der Waals surface area contributed by atoms with E-state index in [1.807, 2.05) is 27.7 Å². The summed E-state index contributed by atoms with van der Waals surface area (Å²) in [6.07, 6.45) is 0.869. The van der Waals surface area contributed by atoms with Crippen molar-refractivity contribution in [2.24, 2.45) is 5.41 Å². The maximum absolute atomic E-state index is 11.8. The third-order valence-electron chi connectivity index (χ3n) is 3.48. The highest BCUT2D eigenvalue weighted by molar-refractivity contribution is 6.03. The van der Waals surface area contributed by atoms with Crippen LogP contribution in [0.3, 0.4) is 0 Å². The molecular formula is C10H14O2. The molecule has 0 spiro atoms. The maximum atomic E-state index is 11.8. The highest BCUT2D eigenvalue weighted by Crippen LogP contribution is 2.63. The van der Waals surface area contributed by atoms with Crippen molar-refractivity contribution in [3.8, 4) is 0 Å². The van der Waals surface area contributed by atoms with Gasteiger partial charge in [0, 0.05) is 12.0 Å². The monoisotopic (exact) mass is 166 g/mol. The second-order valence-electron chi connectivity index (χ2n) is 4.35. The van der Waals surface area contributed by atoms with Crippen molar-refractivity contribution in [2.45, 2.75) is 39.7 Å². The Morgan fingerprint density at radius 2 is 1.92 bits per heavy atom. The van der Waals surface area contributed by atoms with Gasteiger partial charge >= 0.3 is 0 Å². The SMILES string of the molecule is CC1=C(C)C(=O)C2(C)CC2(C)O1. The van der Waals surface area contributed by atoms with Crippen LogP contribution in [0.25, 0.3) is 0 Å². The second-order valence-corrected chi connectivity index (χ2v) is 4.35. The molecule has 0 bridgehead atoms. The van der Waals surface area contributed by atoms with E-state index in [0.717, 1.165) is 17.8 Å². The van der Waals surface area contributed by atoms with Crippen LogP contribution in [-0.2, 0) is 9.53 Å². The quantitative estimate of drug-likeness (QED) is 0.550. The van der Waals surface area contributed by atoms with E-state index in [-0.39, 0.29) is 16.8 Å². The second kappa shape index (κ2) is 1.76. The summed E-state index contributed by atoms with van der Waals surface area (Å²) in [5, 5.41) is 0. The van der Waals surface area contributed by atoms with E-state index >= 15 is 0 Å². The highest BCUT2D eigenvalue weighted by atomic mass is 16.5. The van der Waals surface area contributed by atoms with Crippen molar-refractivity contribution in [3.63, 3.8) is 0 Å². The number of ketones is 1. The lowest BCUT2D eigenvalue weighted by Gasteiger charge is -2.26. The first-order valence-electron chi connectivity index (χ1n) is 4.32. The number of carbonyl (C=O) groups is 1. The van der Waals surface area contributed by atoms with Crippen LogP contribution in [0.15, 0.2) is 11.3 Å². The van der Waals surface area contributed by atoms with Crippen molar-refractivity contribution >= 4 is 5.78 Å². The number of carbonyl (C=O) groups excluding carboxylic acids is 1. The van der Waals surface area contributed by atoms with Gasteiger partial charge in [-0.25, -0.2) is 0 Å². The molecule has 0 N–H and O–H groups in total. The molecule has 1 fully saturated rings. The zero-order valence-electron chi connectivity index (χ0n) is 8.02. The van der Waals surface area contributed by atoms with Gasteiger partial charge < -0.3 is 4.74 Å². The van der Waals surface area contributed by atoms with Crippen LogP contribution < -0.4 is 0 Å².